The minimum absolute atomic E-state index is 0.0333. The second kappa shape index (κ2) is 6.63. The Bertz CT molecular complexity index is 452. The Morgan fingerprint density at radius 1 is 1.21 bits per heavy atom. The molecule has 1 atom stereocenters. The van der Waals surface area contributed by atoms with E-state index in [1.165, 1.54) is 12.1 Å². The Morgan fingerprint density at radius 3 is 2.32 bits per heavy atom. The average Bonchev–Trinajstić information content (AvgIpc) is 2.32. The number of benzene rings is 1. The highest BCUT2D eigenvalue weighted by molar-refractivity contribution is 5.95. The molecule has 1 unspecified atom stereocenters. The Labute approximate surface area is 110 Å². The third-order valence-electron chi connectivity index (χ3n) is 2.63. The smallest absolute Gasteiger partial charge is 0.303 e. The number of amides is 1. The maximum atomic E-state index is 11.7. The molecule has 0 aromatic heterocycles. The molecule has 0 saturated carbocycles. The molecule has 0 heterocycles. The SMILES string of the molecule is CC(CCC(=O)O)CNC(=O)c1cc(O)cc(O)c1. The van der Waals surface area contributed by atoms with Gasteiger partial charge < -0.3 is 20.6 Å². The van der Waals surface area contributed by atoms with Gasteiger partial charge in [-0.3, -0.25) is 9.59 Å². The van der Waals surface area contributed by atoms with E-state index >= 15 is 0 Å². The van der Waals surface area contributed by atoms with Crippen LogP contribution in [0.2, 0.25) is 0 Å². The van der Waals surface area contributed by atoms with Crippen molar-refractivity contribution in [2.24, 2.45) is 5.92 Å². The van der Waals surface area contributed by atoms with Crippen molar-refractivity contribution in [3.05, 3.63) is 23.8 Å². The summed E-state index contributed by atoms with van der Waals surface area (Å²) in [6.07, 6.45) is 0.533. The lowest BCUT2D eigenvalue weighted by Gasteiger charge is -2.11. The van der Waals surface area contributed by atoms with Crippen LogP contribution >= 0.6 is 0 Å². The van der Waals surface area contributed by atoms with Crippen molar-refractivity contribution < 1.29 is 24.9 Å². The van der Waals surface area contributed by atoms with Crippen LogP contribution in [0, 0.1) is 5.92 Å². The largest absolute Gasteiger partial charge is 0.508 e. The molecule has 0 spiro atoms. The standard InChI is InChI=1S/C13H17NO5/c1-8(2-3-12(17)18)7-14-13(19)9-4-10(15)6-11(16)5-9/h4-6,8,15-16H,2-3,7H2,1H3,(H,14,19)(H,17,18). The van der Waals surface area contributed by atoms with Gasteiger partial charge in [0.1, 0.15) is 11.5 Å². The van der Waals surface area contributed by atoms with Gasteiger partial charge in [0.15, 0.2) is 0 Å². The number of hydrogen-bond donors (Lipinski definition) is 4. The molecule has 19 heavy (non-hydrogen) atoms. The number of hydrogen-bond acceptors (Lipinski definition) is 4. The number of carboxylic acid groups (broad SMARTS) is 1. The zero-order valence-electron chi connectivity index (χ0n) is 10.6. The highest BCUT2D eigenvalue weighted by atomic mass is 16.4. The number of rotatable bonds is 6. The van der Waals surface area contributed by atoms with Crippen molar-refractivity contribution in [1.82, 2.24) is 5.32 Å². The zero-order chi connectivity index (χ0) is 14.4. The summed E-state index contributed by atoms with van der Waals surface area (Å²) in [4.78, 5) is 22.1. The van der Waals surface area contributed by atoms with Crippen molar-refractivity contribution in [3.63, 3.8) is 0 Å². The van der Waals surface area contributed by atoms with E-state index in [0.29, 0.717) is 13.0 Å². The topological polar surface area (TPSA) is 107 Å². The van der Waals surface area contributed by atoms with Crippen molar-refractivity contribution in [3.8, 4) is 11.5 Å². The lowest BCUT2D eigenvalue weighted by atomic mass is 10.1. The van der Waals surface area contributed by atoms with E-state index in [0.717, 1.165) is 6.07 Å². The summed E-state index contributed by atoms with van der Waals surface area (Å²) >= 11 is 0. The lowest BCUT2D eigenvalue weighted by molar-refractivity contribution is -0.137. The van der Waals surface area contributed by atoms with Crippen LogP contribution in [0.3, 0.4) is 0 Å². The Hall–Kier alpha value is -2.24. The first kappa shape index (κ1) is 14.8. The molecule has 6 heteroatoms. The third kappa shape index (κ3) is 5.29. The van der Waals surface area contributed by atoms with E-state index in [2.05, 4.69) is 5.32 Å². The summed E-state index contributed by atoms with van der Waals surface area (Å²) in [7, 11) is 0. The van der Waals surface area contributed by atoms with Gasteiger partial charge in [-0.2, -0.15) is 0 Å². The van der Waals surface area contributed by atoms with Crippen LogP contribution in [0.15, 0.2) is 18.2 Å². The molecule has 0 radical (unpaired) electrons. The van der Waals surface area contributed by atoms with Crippen molar-refractivity contribution in [2.45, 2.75) is 19.8 Å². The molecule has 0 saturated heterocycles. The fourth-order valence-electron chi connectivity index (χ4n) is 1.57. The highest BCUT2D eigenvalue weighted by Crippen LogP contribution is 2.20. The quantitative estimate of drug-likeness (QED) is 0.622. The maximum Gasteiger partial charge on any atom is 0.303 e. The zero-order valence-corrected chi connectivity index (χ0v) is 10.6. The molecule has 4 N–H and O–H groups in total. The molecule has 1 aromatic rings. The van der Waals surface area contributed by atoms with Crippen LogP contribution in [0.5, 0.6) is 11.5 Å². The molecule has 0 aliphatic carbocycles. The Morgan fingerprint density at radius 2 is 1.79 bits per heavy atom. The summed E-state index contributed by atoms with van der Waals surface area (Å²) in [6.45, 7) is 2.17. The summed E-state index contributed by atoms with van der Waals surface area (Å²) in [5.74, 6) is -1.64. The van der Waals surface area contributed by atoms with E-state index in [1.807, 2.05) is 6.92 Å². The van der Waals surface area contributed by atoms with Crippen molar-refractivity contribution >= 4 is 11.9 Å². The van der Waals surface area contributed by atoms with Gasteiger partial charge in [-0.25, -0.2) is 0 Å². The first-order valence-corrected chi connectivity index (χ1v) is 5.91. The number of aliphatic carboxylic acids is 1. The minimum atomic E-state index is -0.865. The number of carbonyl (C=O) groups is 2. The van der Waals surface area contributed by atoms with Crippen LogP contribution in [0.4, 0.5) is 0 Å². The van der Waals surface area contributed by atoms with Gasteiger partial charge in [0.05, 0.1) is 0 Å². The number of nitrogens with one attached hydrogen (secondary N) is 1. The van der Waals surface area contributed by atoms with Crippen LogP contribution in [-0.2, 0) is 4.79 Å². The van der Waals surface area contributed by atoms with Gasteiger partial charge >= 0.3 is 5.97 Å². The molecule has 1 aromatic carbocycles. The molecule has 1 amide bonds. The molecule has 0 bridgehead atoms. The lowest BCUT2D eigenvalue weighted by Crippen LogP contribution is -2.28. The van der Waals surface area contributed by atoms with E-state index < -0.39 is 11.9 Å². The molecule has 0 aliphatic rings. The summed E-state index contributed by atoms with van der Waals surface area (Å²) < 4.78 is 0. The predicted molar refractivity (Wildman–Crippen MR) is 68.1 cm³/mol. The molecule has 104 valence electrons. The molecule has 6 nitrogen and oxygen atoms in total. The molecule has 1 rings (SSSR count). The second-order valence-corrected chi connectivity index (χ2v) is 4.49. The molecular weight excluding hydrogens is 250 g/mol. The molecule has 0 aliphatic heterocycles. The summed E-state index contributed by atoms with van der Waals surface area (Å²) in [6, 6.07) is 3.63. The number of carbonyl (C=O) groups excluding carboxylic acids is 1. The van der Waals surface area contributed by atoms with Crippen LogP contribution in [0.25, 0.3) is 0 Å². The van der Waals surface area contributed by atoms with E-state index in [1.54, 1.807) is 0 Å². The van der Waals surface area contributed by atoms with Gasteiger partial charge in [-0.15, -0.1) is 0 Å². The fourth-order valence-corrected chi connectivity index (χ4v) is 1.57. The summed E-state index contributed by atoms with van der Waals surface area (Å²) in [5, 5.41) is 29.7. The van der Waals surface area contributed by atoms with Crippen LogP contribution in [0.1, 0.15) is 30.1 Å². The minimum Gasteiger partial charge on any atom is -0.508 e. The number of aromatic hydroxyl groups is 2. The van der Waals surface area contributed by atoms with E-state index in [9.17, 15) is 19.8 Å². The van der Waals surface area contributed by atoms with E-state index in [4.69, 9.17) is 5.11 Å². The number of phenols is 2. The third-order valence-corrected chi connectivity index (χ3v) is 2.63. The highest BCUT2D eigenvalue weighted by Gasteiger charge is 2.11. The van der Waals surface area contributed by atoms with Crippen molar-refractivity contribution in [1.29, 1.82) is 0 Å². The first-order chi connectivity index (χ1) is 8.88. The fraction of sp³-hybridized carbons (Fsp3) is 0.385. The molecule has 0 fully saturated rings. The van der Waals surface area contributed by atoms with Crippen LogP contribution < -0.4 is 5.32 Å². The Kier molecular flexibility index (Phi) is 5.17. The molecular formula is C13H17NO5. The van der Waals surface area contributed by atoms with E-state index in [-0.39, 0.29) is 29.4 Å². The Balaban J connectivity index is 2.48. The number of carboxylic acids is 1. The van der Waals surface area contributed by atoms with Gasteiger partial charge in [0, 0.05) is 24.6 Å². The van der Waals surface area contributed by atoms with Crippen molar-refractivity contribution in [2.75, 3.05) is 6.54 Å². The average molecular weight is 267 g/mol. The van der Waals surface area contributed by atoms with Gasteiger partial charge in [-0.05, 0) is 24.5 Å². The van der Waals surface area contributed by atoms with Crippen LogP contribution in [-0.4, -0.2) is 33.7 Å². The van der Waals surface area contributed by atoms with Gasteiger partial charge in [-0.1, -0.05) is 6.92 Å². The predicted octanol–water partition coefficient (Wildman–Crippen LogP) is 1.33. The monoisotopic (exact) mass is 267 g/mol. The number of phenolic OH excluding ortho intramolecular Hbond substituents is 2. The van der Waals surface area contributed by atoms with Gasteiger partial charge in [0.2, 0.25) is 0 Å². The second-order valence-electron chi connectivity index (χ2n) is 4.49. The maximum absolute atomic E-state index is 11.7. The van der Waals surface area contributed by atoms with Gasteiger partial charge in [0.25, 0.3) is 5.91 Å². The normalized spacial score (nSPS) is 11.8. The summed E-state index contributed by atoms with van der Waals surface area (Å²) in [5.41, 5.74) is 0.155. The first-order valence-electron chi connectivity index (χ1n) is 5.91.